The molecule has 1 nitrogen and oxygen atoms in total. The number of Topliss-reactive ketones (excluding diaryl/α,β-unsaturated/α-hetero) is 1. The van der Waals surface area contributed by atoms with Gasteiger partial charge in [-0.3, -0.25) is 4.79 Å². The summed E-state index contributed by atoms with van der Waals surface area (Å²) in [5, 5.41) is 0. The summed E-state index contributed by atoms with van der Waals surface area (Å²) < 4.78 is 0. The van der Waals surface area contributed by atoms with Gasteiger partial charge in [0.1, 0.15) is 0 Å². The standard InChI is InChI=1S/C14H20O/c1-5-10(2)9-14(15)13-8-6-7-11(3)12(13)4/h6-8,10H,5,9H2,1-4H3. The Morgan fingerprint density at radius 1 is 1.33 bits per heavy atom. The monoisotopic (exact) mass is 204 g/mol. The lowest BCUT2D eigenvalue weighted by atomic mass is 9.93. The Kier molecular flexibility index (Phi) is 4.07. The zero-order valence-electron chi connectivity index (χ0n) is 10.1. The molecule has 0 bridgehead atoms. The van der Waals surface area contributed by atoms with Crippen LogP contribution in [-0.4, -0.2) is 5.78 Å². The average molecular weight is 204 g/mol. The molecule has 0 radical (unpaired) electrons. The molecule has 1 aromatic carbocycles. The van der Waals surface area contributed by atoms with Crippen molar-refractivity contribution < 1.29 is 4.79 Å². The third-order valence-corrected chi connectivity index (χ3v) is 3.14. The van der Waals surface area contributed by atoms with Crippen LogP contribution in [0.25, 0.3) is 0 Å². The normalized spacial score (nSPS) is 12.5. The molecular weight excluding hydrogens is 184 g/mol. The van der Waals surface area contributed by atoms with Gasteiger partial charge in [-0.2, -0.15) is 0 Å². The molecule has 0 fully saturated rings. The van der Waals surface area contributed by atoms with Gasteiger partial charge in [0, 0.05) is 12.0 Å². The minimum Gasteiger partial charge on any atom is -0.294 e. The van der Waals surface area contributed by atoms with Gasteiger partial charge in [0.05, 0.1) is 0 Å². The molecule has 0 aromatic heterocycles. The molecular formula is C14H20O. The van der Waals surface area contributed by atoms with Crippen molar-refractivity contribution >= 4 is 5.78 Å². The van der Waals surface area contributed by atoms with E-state index in [-0.39, 0.29) is 5.78 Å². The molecule has 1 rings (SSSR count). The maximum Gasteiger partial charge on any atom is 0.163 e. The maximum atomic E-state index is 12.0. The second-order valence-electron chi connectivity index (χ2n) is 4.39. The quantitative estimate of drug-likeness (QED) is 0.679. The second-order valence-corrected chi connectivity index (χ2v) is 4.39. The Morgan fingerprint density at radius 2 is 2.00 bits per heavy atom. The van der Waals surface area contributed by atoms with E-state index >= 15 is 0 Å². The van der Waals surface area contributed by atoms with Gasteiger partial charge in [-0.1, -0.05) is 38.5 Å². The molecule has 0 aliphatic rings. The number of aryl methyl sites for hydroxylation is 1. The number of ketones is 1. The highest BCUT2D eigenvalue weighted by Crippen LogP contribution is 2.17. The van der Waals surface area contributed by atoms with E-state index in [4.69, 9.17) is 0 Å². The van der Waals surface area contributed by atoms with Gasteiger partial charge in [0.25, 0.3) is 0 Å². The molecule has 0 aliphatic heterocycles. The molecule has 1 atom stereocenters. The van der Waals surface area contributed by atoms with Crippen molar-refractivity contribution in [1.82, 2.24) is 0 Å². The third-order valence-electron chi connectivity index (χ3n) is 3.14. The van der Waals surface area contributed by atoms with Crippen molar-refractivity contribution in [2.24, 2.45) is 5.92 Å². The van der Waals surface area contributed by atoms with E-state index in [0.717, 1.165) is 17.5 Å². The number of hydrogen-bond acceptors (Lipinski definition) is 1. The van der Waals surface area contributed by atoms with E-state index in [1.54, 1.807) is 0 Å². The van der Waals surface area contributed by atoms with Crippen LogP contribution in [0.2, 0.25) is 0 Å². The first-order valence-corrected chi connectivity index (χ1v) is 5.65. The molecule has 0 N–H and O–H groups in total. The van der Waals surface area contributed by atoms with E-state index in [0.29, 0.717) is 12.3 Å². The van der Waals surface area contributed by atoms with E-state index in [2.05, 4.69) is 26.8 Å². The maximum absolute atomic E-state index is 12.0. The third kappa shape index (κ3) is 2.92. The molecule has 0 amide bonds. The summed E-state index contributed by atoms with van der Waals surface area (Å²) in [6.45, 7) is 8.33. The van der Waals surface area contributed by atoms with Crippen molar-refractivity contribution in [2.75, 3.05) is 0 Å². The van der Waals surface area contributed by atoms with Crippen molar-refractivity contribution in [1.29, 1.82) is 0 Å². The lowest BCUT2D eigenvalue weighted by molar-refractivity contribution is 0.0963. The summed E-state index contributed by atoms with van der Waals surface area (Å²) >= 11 is 0. The Bertz CT molecular complexity index is 352. The molecule has 1 heteroatoms. The first-order chi connectivity index (χ1) is 7.06. The van der Waals surface area contributed by atoms with Crippen LogP contribution in [0.4, 0.5) is 0 Å². The molecule has 0 saturated carbocycles. The van der Waals surface area contributed by atoms with Gasteiger partial charge in [-0.25, -0.2) is 0 Å². The topological polar surface area (TPSA) is 17.1 Å². The number of rotatable bonds is 4. The largest absolute Gasteiger partial charge is 0.294 e. The highest BCUT2D eigenvalue weighted by Gasteiger charge is 2.12. The van der Waals surface area contributed by atoms with E-state index in [1.807, 2.05) is 19.1 Å². The summed E-state index contributed by atoms with van der Waals surface area (Å²) in [7, 11) is 0. The summed E-state index contributed by atoms with van der Waals surface area (Å²) in [5.41, 5.74) is 3.23. The molecule has 0 heterocycles. The SMILES string of the molecule is CCC(C)CC(=O)c1cccc(C)c1C. The van der Waals surface area contributed by atoms with Crippen LogP contribution in [0.3, 0.4) is 0 Å². The van der Waals surface area contributed by atoms with E-state index in [1.165, 1.54) is 5.56 Å². The fraction of sp³-hybridized carbons (Fsp3) is 0.500. The number of carbonyl (C=O) groups excluding carboxylic acids is 1. The van der Waals surface area contributed by atoms with Crippen LogP contribution in [0, 0.1) is 19.8 Å². The van der Waals surface area contributed by atoms with Gasteiger partial charge in [-0.15, -0.1) is 0 Å². The summed E-state index contributed by atoms with van der Waals surface area (Å²) in [5.74, 6) is 0.767. The van der Waals surface area contributed by atoms with Gasteiger partial charge in [0.15, 0.2) is 5.78 Å². The number of carbonyl (C=O) groups is 1. The summed E-state index contributed by atoms with van der Waals surface area (Å²) in [6.07, 6.45) is 1.73. The van der Waals surface area contributed by atoms with Gasteiger partial charge in [-0.05, 0) is 30.9 Å². The molecule has 15 heavy (non-hydrogen) atoms. The summed E-state index contributed by atoms with van der Waals surface area (Å²) in [6, 6.07) is 5.95. The molecule has 0 aliphatic carbocycles. The minimum atomic E-state index is 0.283. The Labute approximate surface area is 92.5 Å². The zero-order valence-corrected chi connectivity index (χ0v) is 10.1. The number of benzene rings is 1. The first-order valence-electron chi connectivity index (χ1n) is 5.65. The van der Waals surface area contributed by atoms with Crippen molar-refractivity contribution in [3.05, 3.63) is 34.9 Å². The average Bonchev–Trinajstić information content (AvgIpc) is 2.21. The Balaban J connectivity index is 2.87. The van der Waals surface area contributed by atoms with Crippen molar-refractivity contribution in [2.45, 2.75) is 40.5 Å². The predicted molar refractivity (Wildman–Crippen MR) is 64.3 cm³/mol. The zero-order chi connectivity index (χ0) is 11.4. The molecule has 1 aromatic rings. The Morgan fingerprint density at radius 3 is 2.60 bits per heavy atom. The van der Waals surface area contributed by atoms with Crippen LogP contribution in [0.15, 0.2) is 18.2 Å². The van der Waals surface area contributed by atoms with Crippen molar-refractivity contribution in [3.63, 3.8) is 0 Å². The van der Waals surface area contributed by atoms with Crippen LogP contribution in [0.5, 0.6) is 0 Å². The van der Waals surface area contributed by atoms with Crippen LogP contribution in [-0.2, 0) is 0 Å². The lowest BCUT2D eigenvalue weighted by Gasteiger charge is -2.10. The van der Waals surface area contributed by atoms with E-state index in [9.17, 15) is 4.79 Å². The highest BCUT2D eigenvalue weighted by atomic mass is 16.1. The second kappa shape index (κ2) is 5.11. The predicted octanol–water partition coefficient (Wildman–Crippen LogP) is 3.92. The number of hydrogen-bond donors (Lipinski definition) is 0. The van der Waals surface area contributed by atoms with Gasteiger partial charge >= 0.3 is 0 Å². The summed E-state index contributed by atoms with van der Waals surface area (Å²) in [4.78, 5) is 12.0. The van der Waals surface area contributed by atoms with Crippen molar-refractivity contribution in [3.8, 4) is 0 Å². The van der Waals surface area contributed by atoms with Crippen LogP contribution in [0.1, 0.15) is 48.2 Å². The molecule has 0 spiro atoms. The van der Waals surface area contributed by atoms with Crippen LogP contribution < -0.4 is 0 Å². The molecule has 1 unspecified atom stereocenters. The Hall–Kier alpha value is -1.11. The molecule has 82 valence electrons. The smallest absolute Gasteiger partial charge is 0.163 e. The first kappa shape index (κ1) is 12.0. The van der Waals surface area contributed by atoms with Crippen LogP contribution >= 0.6 is 0 Å². The fourth-order valence-electron chi connectivity index (χ4n) is 1.62. The lowest BCUT2D eigenvalue weighted by Crippen LogP contribution is -2.07. The molecule has 0 saturated heterocycles. The van der Waals surface area contributed by atoms with E-state index < -0.39 is 0 Å². The van der Waals surface area contributed by atoms with Gasteiger partial charge in [0.2, 0.25) is 0 Å². The fourth-order valence-corrected chi connectivity index (χ4v) is 1.62. The highest BCUT2D eigenvalue weighted by molar-refractivity contribution is 5.97. The van der Waals surface area contributed by atoms with Gasteiger partial charge < -0.3 is 0 Å². The minimum absolute atomic E-state index is 0.283.